The summed E-state index contributed by atoms with van der Waals surface area (Å²) < 4.78 is 7.51. The standard InChI is InChI=1S/C15H24N2O2/c18-15(8-4-10-19-12-15)11-13-7-9-17(16-13)14-5-2-1-3-6-14/h7,9,14,18H,1-6,8,10-12H2. The molecule has 0 radical (unpaired) electrons. The summed E-state index contributed by atoms with van der Waals surface area (Å²) >= 11 is 0. The Kier molecular flexibility index (Phi) is 3.89. The van der Waals surface area contributed by atoms with Crippen LogP contribution in [-0.4, -0.2) is 33.7 Å². The summed E-state index contributed by atoms with van der Waals surface area (Å²) in [5.74, 6) is 0. The third-order valence-corrected chi connectivity index (χ3v) is 4.42. The quantitative estimate of drug-likeness (QED) is 0.912. The first-order valence-corrected chi connectivity index (χ1v) is 7.59. The largest absolute Gasteiger partial charge is 0.387 e. The molecule has 1 aliphatic heterocycles. The van der Waals surface area contributed by atoms with Crippen molar-refractivity contribution < 1.29 is 9.84 Å². The van der Waals surface area contributed by atoms with Gasteiger partial charge < -0.3 is 9.84 Å². The molecule has 0 spiro atoms. The molecule has 0 bridgehead atoms. The third kappa shape index (κ3) is 3.18. The first-order chi connectivity index (χ1) is 9.25. The Morgan fingerprint density at radius 1 is 1.32 bits per heavy atom. The molecule has 4 heteroatoms. The van der Waals surface area contributed by atoms with Crippen LogP contribution in [0.25, 0.3) is 0 Å². The fraction of sp³-hybridized carbons (Fsp3) is 0.800. The van der Waals surface area contributed by atoms with Gasteiger partial charge in [-0.05, 0) is 31.7 Å². The fourth-order valence-electron chi connectivity index (χ4n) is 3.33. The topological polar surface area (TPSA) is 47.3 Å². The van der Waals surface area contributed by atoms with E-state index in [-0.39, 0.29) is 0 Å². The van der Waals surface area contributed by atoms with E-state index in [9.17, 15) is 5.11 Å². The second kappa shape index (κ2) is 5.63. The Morgan fingerprint density at radius 2 is 2.16 bits per heavy atom. The van der Waals surface area contributed by atoms with Gasteiger partial charge in [-0.25, -0.2) is 0 Å². The van der Waals surface area contributed by atoms with E-state index in [1.807, 2.05) is 0 Å². The lowest BCUT2D eigenvalue weighted by Crippen LogP contribution is -2.40. The van der Waals surface area contributed by atoms with Crippen LogP contribution in [0.15, 0.2) is 12.3 Å². The van der Waals surface area contributed by atoms with Gasteiger partial charge in [0.2, 0.25) is 0 Å². The number of hydrogen-bond donors (Lipinski definition) is 1. The van der Waals surface area contributed by atoms with Crippen molar-refractivity contribution in [1.82, 2.24) is 9.78 Å². The van der Waals surface area contributed by atoms with E-state index in [1.165, 1.54) is 32.1 Å². The number of aromatic nitrogens is 2. The number of ether oxygens (including phenoxy) is 1. The summed E-state index contributed by atoms with van der Waals surface area (Å²) in [6.45, 7) is 1.22. The average molecular weight is 264 g/mol. The molecule has 3 rings (SSSR count). The number of hydrogen-bond acceptors (Lipinski definition) is 3. The van der Waals surface area contributed by atoms with Crippen LogP contribution < -0.4 is 0 Å². The molecule has 2 fully saturated rings. The van der Waals surface area contributed by atoms with E-state index in [2.05, 4.69) is 22.0 Å². The Bertz CT molecular complexity index is 404. The highest BCUT2D eigenvalue weighted by Crippen LogP contribution is 2.28. The van der Waals surface area contributed by atoms with Crippen LogP contribution in [0.3, 0.4) is 0 Å². The maximum absolute atomic E-state index is 10.5. The lowest BCUT2D eigenvalue weighted by atomic mass is 9.92. The predicted molar refractivity (Wildman–Crippen MR) is 73.1 cm³/mol. The van der Waals surface area contributed by atoms with Crippen LogP contribution >= 0.6 is 0 Å². The van der Waals surface area contributed by atoms with E-state index >= 15 is 0 Å². The molecule has 1 saturated carbocycles. The second-order valence-electron chi connectivity index (χ2n) is 6.14. The fourth-order valence-corrected chi connectivity index (χ4v) is 3.33. The van der Waals surface area contributed by atoms with Crippen molar-refractivity contribution in [3.8, 4) is 0 Å². The first kappa shape index (κ1) is 13.1. The van der Waals surface area contributed by atoms with Crippen LogP contribution in [0.5, 0.6) is 0 Å². The van der Waals surface area contributed by atoms with Crippen LogP contribution in [-0.2, 0) is 11.2 Å². The molecule has 1 unspecified atom stereocenters. The van der Waals surface area contributed by atoms with Gasteiger partial charge in [0.1, 0.15) is 0 Å². The van der Waals surface area contributed by atoms with Crippen molar-refractivity contribution in [2.45, 2.75) is 63.0 Å². The smallest absolute Gasteiger partial charge is 0.0936 e. The molecular weight excluding hydrogens is 240 g/mol. The lowest BCUT2D eigenvalue weighted by molar-refractivity contribution is -0.0850. The summed E-state index contributed by atoms with van der Waals surface area (Å²) in [6.07, 6.45) is 11.0. The van der Waals surface area contributed by atoms with E-state index in [0.717, 1.165) is 25.1 Å². The maximum Gasteiger partial charge on any atom is 0.0936 e. The summed E-state index contributed by atoms with van der Waals surface area (Å²) in [7, 11) is 0. The van der Waals surface area contributed by atoms with Crippen molar-refractivity contribution in [2.24, 2.45) is 0 Å². The molecule has 0 amide bonds. The average Bonchev–Trinajstić information content (AvgIpc) is 2.88. The second-order valence-corrected chi connectivity index (χ2v) is 6.14. The number of aliphatic hydroxyl groups is 1. The highest BCUT2D eigenvalue weighted by Gasteiger charge is 2.31. The molecule has 1 aromatic rings. The summed E-state index contributed by atoms with van der Waals surface area (Å²) in [5, 5.41) is 15.1. The van der Waals surface area contributed by atoms with Crippen LogP contribution in [0.4, 0.5) is 0 Å². The molecule has 2 aliphatic rings. The van der Waals surface area contributed by atoms with Gasteiger partial charge in [0.25, 0.3) is 0 Å². The summed E-state index contributed by atoms with van der Waals surface area (Å²) in [4.78, 5) is 0. The van der Waals surface area contributed by atoms with E-state index < -0.39 is 5.60 Å². The normalized spacial score (nSPS) is 29.5. The van der Waals surface area contributed by atoms with Crippen molar-refractivity contribution in [1.29, 1.82) is 0 Å². The van der Waals surface area contributed by atoms with Crippen LogP contribution in [0.1, 0.15) is 56.7 Å². The monoisotopic (exact) mass is 264 g/mol. The van der Waals surface area contributed by atoms with Crippen molar-refractivity contribution in [3.63, 3.8) is 0 Å². The van der Waals surface area contributed by atoms with E-state index in [4.69, 9.17) is 4.74 Å². The zero-order valence-electron chi connectivity index (χ0n) is 11.6. The first-order valence-electron chi connectivity index (χ1n) is 7.59. The molecule has 1 saturated heterocycles. The van der Waals surface area contributed by atoms with Gasteiger partial charge in [-0.2, -0.15) is 5.10 Å². The van der Waals surface area contributed by atoms with Crippen LogP contribution in [0, 0.1) is 0 Å². The molecule has 0 aromatic carbocycles. The highest BCUT2D eigenvalue weighted by atomic mass is 16.5. The van der Waals surface area contributed by atoms with Gasteiger partial charge in [0.05, 0.1) is 23.9 Å². The molecular formula is C15H24N2O2. The summed E-state index contributed by atoms with van der Waals surface area (Å²) in [5.41, 5.74) is 0.294. The van der Waals surface area contributed by atoms with Gasteiger partial charge in [0.15, 0.2) is 0 Å². The van der Waals surface area contributed by atoms with Gasteiger partial charge in [-0.1, -0.05) is 19.3 Å². The minimum Gasteiger partial charge on any atom is -0.387 e. The summed E-state index contributed by atoms with van der Waals surface area (Å²) in [6, 6.07) is 2.63. The maximum atomic E-state index is 10.5. The molecule has 106 valence electrons. The van der Waals surface area contributed by atoms with Gasteiger partial charge in [0, 0.05) is 19.2 Å². The minimum absolute atomic E-state index is 0.448. The van der Waals surface area contributed by atoms with Crippen molar-refractivity contribution >= 4 is 0 Å². The van der Waals surface area contributed by atoms with E-state index in [1.54, 1.807) is 0 Å². The predicted octanol–water partition coefficient (Wildman–Crippen LogP) is 2.47. The van der Waals surface area contributed by atoms with Gasteiger partial charge in [-0.15, -0.1) is 0 Å². The SMILES string of the molecule is OC1(Cc2ccn(C3CCCCC3)n2)CCCOC1. The highest BCUT2D eigenvalue weighted by molar-refractivity contribution is 5.05. The Hall–Kier alpha value is -0.870. The molecule has 1 N–H and O–H groups in total. The Morgan fingerprint density at radius 3 is 2.89 bits per heavy atom. The van der Waals surface area contributed by atoms with Crippen molar-refractivity contribution in [3.05, 3.63) is 18.0 Å². The molecule has 2 heterocycles. The minimum atomic E-state index is -0.704. The van der Waals surface area contributed by atoms with Crippen molar-refractivity contribution in [2.75, 3.05) is 13.2 Å². The Labute approximate surface area is 114 Å². The molecule has 19 heavy (non-hydrogen) atoms. The van der Waals surface area contributed by atoms with Gasteiger partial charge in [-0.3, -0.25) is 4.68 Å². The number of rotatable bonds is 3. The van der Waals surface area contributed by atoms with Crippen LogP contribution in [0.2, 0.25) is 0 Å². The lowest BCUT2D eigenvalue weighted by Gasteiger charge is -2.31. The zero-order chi connectivity index (χ0) is 13.1. The molecule has 1 atom stereocenters. The molecule has 1 aromatic heterocycles. The van der Waals surface area contributed by atoms with E-state index in [0.29, 0.717) is 19.1 Å². The molecule has 1 aliphatic carbocycles. The zero-order valence-corrected chi connectivity index (χ0v) is 11.6. The molecule has 4 nitrogen and oxygen atoms in total. The van der Waals surface area contributed by atoms with Gasteiger partial charge >= 0.3 is 0 Å². The number of nitrogens with zero attached hydrogens (tertiary/aromatic N) is 2. The third-order valence-electron chi connectivity index (χ3n) is 4.42. The Balaban J connectivity index is 1.63.